The van der Waals surface area contributed by atoms with Crippen LogP contribution in [0, 0.1) is 51.8 Å². The number of hydrogen-bond acceptors (Lipinski definition) is 3. The van der Waals surface area contributed by atoms with Gasteiger partial charge in [-0.3, -0.25) is 9.89 Å². The molecule has 4 nitrogen and oxygen atoms in total. The molecule has 5 aliphatic rings. The number of carbonyl (C=O) groups is 1. The van der Waals surface area contributed by atoms with Crippen LogP contribution >= 0.6 is 0 Å². The summed E-state index contributed by atoms with van der Waals surface area (Å²) in [7, 11) is 1.62. The Morgan fingerprint density at radius 3 is 2.36 bits per heavy atom. The van der Waals surface area contributed by atoms with Gasteiger partial charge in [-0.25, -0.2) is 0 Å². The lowest BCUT2D eigenvalue weighted by Crippen LogP contribution is -2.65. The van der Waals surface area contributed by atoms with Gasteiger partial charge in [-0.15, -0.1) is 0 Å². The number of rotatable bonds is 2. The Morgan fingerprint density at radius 2 is 1.69 bits per heavy atom. The zero-order valence-corrected chi connectivity index (χ0v) is 26.6. The predicted octanol–water partition coefficient (Wildman–Crippen LogP) is 8.49. The molecule has 3 fully saturated rings. The number of aryl methyl sites for hydroxylation is 1. The lowest BCUT2D eigenvalue weighted by atomic mass is 9.33. The second-order valence-corrected chi connectivity index (χ2v) is 16.6. The number of aromatic amines is 1. The number of aromatic nitrogens is 2. The molecule has 6 rings (SSSR count). The van der Waals surface area contributed by atoms with Crippen LogP contribution in [0.3, 0.4) is 0 Å². The maximum atomic E-state index is 13.7. The van der Waals surface area contributed by atoms with Gasteiger partial charge in [0.25, 0.3) is 0 Å². The first-order valence-corrected chi connectivity index (χ1v) is 16.0. The third kappa shape index (κ3) is 3.30. The highest BCUT2D eigenvalue weighted by Crippen LogP contribution is 2.76. The normalized spacial score (nSPS) is 43.9. The fourth-order valence-electron chi connectivity index (χ4n) is 11.9. The smallest absolute Gasteiger partial charge is 0.312 e. The van der Waals surface area contributed by atoms with E-state index in [-0.39, 0.29) is 38.5 Å². The van der Waals surface area contributed by atoms with Crippen molar-refractivity contribution in [3.05, 3.63) is 28.1 Å². The number of carbonyl (C=O) groups excluding carboxylic acids is 1. The average Bonchev–Trinajstić information content (AvgIpc) is 3.24. The monoisotopic (exact) mass is 534 g/mol. The molecule has 0 amide bonds. The Bertz CT molecular complexity index is 1240. The first-order chi connectivity index (χ1) is 18.1. The minimum absolute atomic E-state index is 0.0629. The van der Waals surface area contributed by atoms with Crippen LogP contribution in [0.2, 0.25) is 0 Å². The largest absolute Gasteiger partial charge is 0.469 e. The molecule has 1 aromatic heterocycles. The molecular weight excluding hydrogens is 480 g/mol. The summed E-state index contributed by atoms with van der Waals surface area (Å²) in [6.45, 7) is 22.4. The summed E-state index contributed by atoms with van der Waals surface area (Å²) in [6, 6.07) is 0. The van der Waals surface area contributed by atoms with Crippen molar-refractivity contribution < 1.29 is 9.53 Å². The zero-order valence-electron chi connectivity index (χ0n) is 26.6. The number of nitrogens with one attached hydrogen (secondary N) is 1. The molecule has 7 atom stereocenters. The first kappa shape index (κ1) is 27.6. The maximum Gasteiger partial charge on any atom is 0.312 e. The molecule has 3 saturated carbocycles. The van der Waals surface area contributed by atoms with E-state index >= 15 is 0 Å². The molecule has 1 aromatic rings. The van der Waals surface area contributed by atoms with Gasteiger partial charge in [0.1, 0.15) is 0 Å². The molecule has 1 heterocycles. The minimum atomic E-state index is -0.334. The summed E-state index contributed by atoms with van der Waals surface area (Å²) in [6.07, 6.45) is 11.3. The summed E-state index contributed by atoms with van der Waals surface area (Å²) >= 11 is 0. The van der Waals surface area contributed by atoms with E-state index in [9.17, 15) is 4.79 Å². The Kier molecular flexibility index (Phi) is 5.83. The van der Waals surface area contributed by atoms with Gasteiger partial charge in [0, 0.05) is 11.1 Å². The SMILES string of the molecule is CCC1=C2[C@@H]3CC(C)(C)CC[C@]3(C(=O)OC)CC[C@@]2(C)[C@]2(C)CC[C@H]3C(C)(C)c4n[nH]c(C)c4C[C@]3(C)C2C1. The highest BCUT2D eigenvalue weighted by Gasteiger charge is 2.70. The summed E-state index contributed by atoms with van der Waals surface area (Å²) in [5.74, 6) is 1.65. The molecule has 39 heavy (non-hydrogen) atoms. The van der Waals surface area contributed by atoms with Crippen LogP contribution in [0.15, 0.2) is 11.1 Å². The highest BCUT2D eigenvalue weighted by atomic mass is 16.5. The van der Waals surface area contributed by atoms with Crippen molar-refractivity contribution in [1.82, 2.24) is 10.2 Å². The van der Waals surface area contributed by atoms with Crippen molar-refractivity contribution in [1.29, 1.82) is 0 Å². The lowest BCUT2D eigenvalue weighted by Gasteiger charge is -2.71. The van der Waals surface area contributed by atoms with Crippen LogP contribution in [0.4, 0.5) is 0 Å². The molecule has 0 aliphatic heterocycles. The molecule has 0 spiro atoms. The molecule has 4 heteroatoms. The lowest BCUT2D eigenvalue weighted by molar-refractivity contribution is -0.180. The van der Waals surface area contributed by atoms with Crippen LogP contribution in [0.1, 0.15) is 130 Å². The van der Waals surface area contributed by atoms with E-state index in [2.05, 4.69) is 67.4 Å². The van der Waals surface area contributed by atoms with E-state index in [4.69, 9.17) is 9.84 Å². The van der Waals surface area contributed by atoms with Gasteiger partial charge in [-0.05, 0) is 116 Å². The topological polar surface area (TPSA) is 55.0 Å². The van der Waals surface area contributed by atoms with Crippen molar-refractivity contribution in [2.75, 3.05) is 7.11 Å². The molecule has 0 saturated heterocycles. The molecule has 0 radical (unpaired) electrons. The number of allylic oxidation sites excluding steroid dienone is 2. The predicted molar refractivity (Wildman–Crippen MR) is 157 cm³/mol. The Hall–Kier alpha value is -1.58. The van der Waals surface area contributed by atoms with Crippen LogP contribution in [0.25, 0.3) is 0 Å². The van der Waals surface area contributed by atoms with Gasteiger partial charge in [-0.2, -0.15) is 5.10 Å². The summed E-state index contributed by atoms with van der Waals surface area (Å²) in [4.78, 5) is 13.7. The van der Waals surface area contributed by atoms with Crippen molar-refractivity contribution >= 4 is 5.97 Å². The van der Waals surface area contributed by atoms with E-state index in [0.717, 1.165) is 44.9 Å². The molecular formula is C35H54N2O2. The number of esters is 1. The van der Waals surface area contributed by atoms with Gasteiger partial charge >= 0.3 is 5.97 Å². The van der Waals surface area contributed by atoms with Gasteiger partial charge in [0.15, 0.2) is 0 Å². The number of H-pyrrole nitrogens is 1. The Balaban J connectivity index is 1.53. The van der Waals surface area contributed by atoms with Gasteiger partial charge in [0.2, 0.25) is 0 Å². The standard InChI is InChI=1S/C35H54N2O2/c1-11-22-18-26-32(7)19-23-21(2)36-37-28(23)31(5,6)25(32)12-13-33(26,8)34(9)15-17-35(29(38)39-10)16-14-30(3,4)20-24(35)27(22)34/h24-26H,11-20H2,1-10H3,(H,36,37)/t24-,25-,26?,32-,33+,34+,35-/m0/s1. The maximum absolute atomic E-state index is 13.7. The average molecular weight is 535 g/mol. The summed E-state index contributed by atoms with van der Waals surface area (Å²) in [5.41, 5.74) is 8.05. The van der Waals surface area contributed by atoms with Crippen LogP contribution in [-0.2, 0) is 21.4 Å². The van der Waals surface area contributed by atoms with Crippen molar-refractivity contribution in [3.63, 3.8) is 0 Å². The Morgan fingerprint density at radius 1 is 1.00 bits per heavy atom. The van der Waals surface area contributed by atoms with E-state index in [0.29, 0.717) is 17.8 Å². The quantitative estimate of drug-likeness (QED) is 0.306. The fraction of sp³-hybridized carbons (Fsp3) is 0.829. The van der Waals surface area contributed by atoms with Crippen LogP contribution < -0.4 is 0 Å². The third-order valence-electron chi connectivity index (χ3n) is 14.2. The van der Waals surface area contributed by atoms with Gasteiger partial charge in [0.05, 0.1) is 18.2 Å². The second-order valence-electron chi connectivity index (χ2n) is 16.6. The van der Waals surface area contributed by atoms with Crippen molar-refractivity contribution in [3.8, 4) is 0 Å². The van der Waals surface area contributed by atoms with Crippen molar-refractivity contribution in [2.24, 2.45) is 44.8 Å². The molecule has 0 aromatic carbocycles. The first-order valence-electron chi connectivity index (χ1n) is 16.0. The molecule has 216 valence electrons. The third-order valence-corrected chi connectivity index (χ3v) is 14.2. The van der Waals surface area contributed by atoms with Crippen molar-refractivity contribution in [2.45, 2.75) is 132 Å². The van der Waals surface area contributed by atoms with E-state index in [1.807, 2.05) is 0 Å². The van der Waals surface area contributed by atoms with Crippen LogP contribution in [-0.4, -0.2) is 23.3 Å². The molecule has 0 bridgehead atoms. The van der Waals surface area contributed by atoms with Crippen LogP contribution in [0.5, 0.6) is 0 Å². The second kappa shape index (κ2) is 8.25. The molecule has 1 N–H and O–H groups in total. The number of hydrogen-bond donors (Lipinski definition) is 1. The van der Waals surface area contributed by atoms with E-state index < -0.39 is 0 Å². The number of methoxy groups -OCH3 is 1. The van der Waals surface area contributed by atoms with Gasteiger partial charge in [-0.1, -0.05) is 66.5 Å². The number of fused-ring (bicyclic) bond motifs is 8. The summed E-state index contributed by atoms with van der Waals surface area (Å²) < 4.78 is 5.61. The fourth-order valence-corrected chi connectivity index (χ4v) is 11.9. The summed E-state index contributed by atoms with van der Waals surface area (Å²) in [5, 5.41) is 8.25. The van der Waals surface area contributed by atoms with E-state index in [1.54, 1.807) is 18.3 Å². The molecule has 5 aliphatic carbocycles. The highest BCUT2D eigenvalue weighted by molar-refractivity contribution is 5.78. The zero-order chi connectivity index (χ0) is 28.4. The number of ether oxygens (including phenoxy) is 1. The Labute approximate surface area is 237 Å². The van der Waals surface area contributed by atoms with Gasteiger partial charge < -0.3 is 4.74 Å². The minimum Gasteiger partial charge on any atom is -0.469 e. The number of nitrogens with zero attached hydrogens (tertiary/aromatic N) is 1. The molecule has 1 unspecified atom stereocenters. The van der Waals surface area contributed by atoms with E-state index in [1.165, 1.54) is 36.2 Å².